The Morgan fingerprint density at radius 2 is 1.88 bits per heavy atom. The van der Waals surface area contributed by atoms with Crippen molar-refractivity contribution >= 4 is 27.6 Å². The molecule has 0 unspecified atom stereocenters. The van der Waals surface area contributed by atoms with Gasteiger partial charge in [0.2, 0.25) is 11.4 Å². The molecule has 0 saturated carbocycles. The molecular formula is C23H21N2O+. The molecule has 2 aromatic heterocycles. The predicted molar refractivity (Wildman–Crippen MR) is 105 cm³/mol. The summed E-state index contributed by atoms with van der Waals surface area (Å²) in [5.74, 6) is -0.975. The van der Waals surface area contributed by atoms with Crippen LogP contribution in [-0.4, -0.2) is 0 Å². The highest BCUT2D eigenvalue weighted by molar-refractivity contribution is 6.13. The molecule has 4 aromatic rings. The van der Waals surface area contributed by atoms with Crippen LogP contribution in [0.25, 0.3) is 38.0 Å². The topological polar surface area (TPSA) is 21.4 Å². The molecule has 0 saturated heterocycles. The zero-order chi connectivity index (χ0) is 22.8. The fourth-order valence-corrected chi connectivity index (χ4v) is 3.37. The van der Waals surface area contributed by atoms with Crippen LogP contribution in [0.1, 0.15) is 37.7 Å². The fourth-order valence-electron chi connectivity index (χ4n) is 3.37. The summed E-state index contributed by atoms with van der Waals surface area (Å²) in [6.45, 7) is 13.0. The monoisotopic (exact) mass is 346 g/mol. The van der Waals surface area contributed by atoms with Gasteiger partial charge in [-0.1, -0.05) is 38.1 Å². The fraction of sp³-hybridized carbons (Fsp3) is 0.217. The normalized spacial score (nSPS) is 14.5. The number of pyridine rings is 1. The predicted octanol–water partition coefficient (Wildman–Crippen LogP) is 6.06. The lowest BCUT2D eigenvalue weighted by Crippen LogP contribution is -2.30. The number of nitrogens with zero attached hydrogens (tertiary/aromatic N) is 2. The number of furan rings is 1. The van der Waals surface area contributed by atoms with E-state index in [1.807, 2.05) is 25.1 Å². The van der Waals surface area contributed by atoms with E-state index in [-0.39, 0.29) is 30.0 Å². The molecule has 0 bridgehead atoms. The van der Waals surface area contributed by atoms with Crippen LogP contribution in [0.2, 0.25) is 0 Å². The number of aromatic nitrogens is 1. The molecular weight excluding hydrogens is 320 g/mol. The summed E-state index contributed by atoms with van der Waals surface area (Å²) in [6, 6.07) is 6.64. The second-order valence-corrected chi connectivity index (χ2v) is 6.58. The van der Waals surface area contributed by atoms with Gasteiger partial charge in [-0.25, -0.2) is 9.41 Å². The Balaban J connectivity index is 2.20. The Morgan fingerprint density at radius 1 is 1.15 bits per heavy atom. The highest BCUT2D eigenvalue weighted by Gasteiger charge is 2.22. The number of rotatable bonds is 2. The molecule has 0 N–H and O–H groups in total. The van der Waals surface area contributed by atoms with Gasteiger partial charge in [-0.2, -0.15) is 0 Å². The summed E-state index contributed by atoms with van der Waals surface area (Å²) < 4.78 is 48.8. The van der Waals surface area contributed by atoms with Crippen LogP contribution in [0, 0.1) is 13.5 Å². The van der Waals surface area contributed by atoms with Gasteiger partial charge in [0.05, 0.1) is 16.2 Å². The number of aryl methyl sites for hydroxylation is 1. The van der Waals surface area contributed by atoms with Crippen molar-refractivity contribution in [3.63, 3.8) is 0 Å². The lowest BCUT2D eigenvalue weighted by molar-refractivity contribution is -0.660. The Labute approximate surface area is 160 Å². The summed E-state index contributed by atoms with van der Waals surface area (Å²) in [6.07, 6.45) is -0.163. The average Bonchev–Trinajstić information content (AvgIpc) is 3.09. The van der Waals surface area contributed by atoms with Crippen molar-refractivity contribution in [1.82, 2.24) is 0 Å². The van der Waals surface area contributed by atoms with Crippen LogP contribution in [-0.2, 0) is 7.05 Å². The molecule has 0 radical (unpaired) electrons. The van der Waals surface area contributed by atoms with Gasteiger partial charge >= 0.3 is 0 Å². The second-order valence-electron chi connectivity index (χ2n) is 6.58. The summed E-state index contributed by atoms with van der Waals surface area (Å²) in [5.41, 5.74) is 3.37. The minimum absolute atomic E-state index is 0.155. The first-order valence-electron chi connectivity index (χ1n) is 10.8. The van der Waals surface area contributed by atoms with Crippen molar-refractivity contribution in [3.8, 4) is 11.3 Å². The van der Waals surface area contributed by atoms with Gasteiger partial charge in [0.25, 0.3) is 0 Å². The van der Waals surface area contributed by atoms with Crippen molar-refractivity contribution in [2.75, 3.05) is 0 Å². The largest absolute Gasteiger partial charge is 0.466 e. The molecule has 0 fully saturated rings. The van der Waals surface area contributed by atoms with Crippen LogP contribution < -0.4 is 4.57 Å². The van der Waals surface area contributed by atoms with Crippen molar-refractivity contribution in [2.24, 2.45) is 7.05 Å². The molecule has 3 nitrogen and oxygen atoms in total. The molecule has 26 heavy (non-hydrogen) atoms. The van der Waals surface area contributed by atoms with E-state index >= 15 is 0 Å². The van der Waals surface area contributed by atoms with Crippen molar-refractivity contribution in [2.45, 2.75) is 26.7 Å². The van der Waals surface area contributed by atoms with Crippen molar-refractivity contribution in [3.05, 3.63) is 71.1 Å². The van der Waals surface area contributed by atoms with Crippen LogP contribution in [0.5, 0.6) is 0 Å². The summed E-state index contributed by atoms with van der Waals surface area (Å²) in [5, 5.41) is 1.49. The van der Waals surface area contributed by atoms with E-state index in [9.17, 15) is 0 Å². The minimum atomic E-state index is -0.975. The number of hydrogen-bond donors (Lipinski definition) is 0. The smallest absolute Gasteiger partial charge is 0.232 e. The van der Waals surface area contributed by atoms with E-state index < -0.39 is 5.89 Å². The molecule has 0 aliphatic heterocycles. The molecule has 3 heteroatoms. The van der Waals surface area contributed by atoms with Gasteiger partial charge in [0.1, 0.15) is 19.6 Å². The SMILES string of the molecule is [2H]c1c([2H])c([2H])[n+](C)c(-c2c(C)ccc3c2oc2c([N+]#[C-])c(C([2H])(C)C)ccc23)c1[2H]. The molecule has 4 rings (SSSR count). The van der Waals surface area contributed by atoms with Crippen LogP contribution >= 0.6 is 0 Å². The van der Waals surface area contributed by atoms with E-state index in [1.165, 1.54) is 4.57 Å². The first-order chi connectivity index (χ1) is 14.5. The first-order valence-corrected chi connectivity index (χ1v) is 8.32. The van der Waals surface area contributed by atoms with Crippen LogP contribution in [0.3, 0.4) is 0 Å². The summed E-state index contributed by atoms with van der Waals surface area (Å²) >= 11 is 0. The molecule has 0 aliphatic rings. The minimum Gasteiger partial charge on any atom is -0.466 e. The second kappa shape index (κ2) is 6.00. The lowest BCUT2D eigenvalue weighted by atomic mass is 9.97. The van der Waals surface area contributed by atoms with Gasteiger partial charge in [0.15, 0.2) is 6.17 Å². The summed E-state index contributed by atoms with van der Waals surface area (Å²) in [7, 11) is 1.60. The lowest BCUT2D eigenvalue weighted by Gasteiger charge is -2.07. The number of fused-ring (bicyclic) bond motifs is 3. The van der Waals surface area contributed by atoms with Gasteiger partial charge < -0.3 is 4.42 Å². The molecule has 0 spiro atoms. The van der Waals surface area contributed by atoms with Crippen molar-refractivity contribution < 1.29 is 15.8 Å². The summed E-state index contributed by atoms with van der Waals surface area (Å²) in [4.78, 5) is 3.67. The third kappa shape index (κ3) is 2.30. The number of benzene rings is 2. The maximum atomic E-state index is 8.49. The highest BCUT2D eigenvalue weighted by atomic mass is 16.3. The Kier molecular flexibility index (Phi) is 2.65. The molecule has 0 amide bonds. The maximum Gasteiger partial charge on any atom is 0.232 e. The van der Waals surface area contributed by atoms with E-state index in [2.05, 4.69) is 4.85 Å². The van der Waals surface area contributed by atoms with Crippen LogP contribution in [0.4, 0.5) is 5.69 Å². The Hall–Kier alpha value is -3.12. The van der Waals surface area contributed by atoms with E-state index in [4.69, 9.17) is 17.8 Å². The average molecular weight is 346 g/mol. The van der Waals surface area contributed by atoms with Crippen molar-refractivity contribution in [1.29, 1.82) is 0 Å². The Bertz CT molecular complexity index is 1410. The van der Waals surface area contributed by atoms with Gasteiger partial charge in [-0.3, -0.25) is 0 Å². The van der Waals surface area contributed by atoms with E-state index in [0.717, 1.165) is 16.3 Å². The maximum absolute atomic E-state index is 8.49. The third-order valence-corrected chi connectivity index (χ3v) is 4.68. The quantitative estimate of drug-likeness (QED) is 0.319. The van der Waals surface area contributed by atoms with Gasteiger partial charge in [0, 0.05) is 24.2 Å². The van der Waals surface area contributed by atoms with E-state index in [1.54, 1.807) is 27.0 Å². The molecule has 0 atom stereocenters. The highest BCUT2D eigenvalue weighted by Crippen LogP contribution is 2.42. The molecule has 2 aromatic carbocycles. The molecule has 0 aliphatic carbocycles. The van der Waals surface area contributed by atoms with Crippen LogP contribution in [0.15, 0.2) is 53.0 Å². The number of hydrogen-bond acceptors (Lipinski definition) is 1. The Morgan fingerprint density at radius 3 is 2.62 bits per heavy atom. The molecule has 128 valence electrons. The van der Waals surface area contributed by atoms with Gasteiger partial charge in [-0.15, -0.1) is 0 Å². The standard InChI is InChI=1S/C23H21N2O/c1-14(2)16-11-12-18-17-10-9-15(3)20(19-8-6-7-13-25(19)5)22(17)26-23(18)21(16)24-4/h6-14H,1-3,5H3/q+1/i6D,7D,8D,13D,14D. The van der Waals surface area contributed by atoms with Gasteiger partial charge in [-0.05, 0) is 30.0 Å². The third-order valence-electron chi connectivity index (χ3n) is 4.68. The zero-order valence-electron chi connectivity index (χ0n) is 20.1. The molecule has 2 heterocycles. The van der Waals surface area contributed by atoms with E-state index in [0.29, 0.717) is 28.0 Å². The first kappa shape index (κ1) is 11.5. The zero-order valence-corrected chi connectivity index (χ0v) is 15.1.